The van der Waals surface area contributed by atoms with E-state index in [-0.39, 0.29) is 0 Å². The summed E-state index contributed by atoms with van der Waals surface area (Å²) in [5, 5.41) is 3.85. The zero-order chi connectivity index (χ0) is 11.5. The van der Waals surface area contributed by atoms with Crippen molar-refractivity contribution in [1.29, 1.82) is 0 Å². The van der Waals surface area contributed by atoms with Crippen molar-refractivity contribution in [3.63, 3.8) is 0 Å². The van der Waals surface area contributed by atoms with E-state index in [1.165, 1.54) is 0 Å². The number of oxime groups is 1. The van der Waals surface area contributed by atoms with Crippen LogP contribution in [0.15, 0.2) is 35.5 Å². The minimum Gasteiger partial charge on any atom is -0.391 e. The third kappa shape index (κ3) is 5.96. The number of aldehydes is 1. The molecule has 0 amide bonds. The molecule has 0 atom stereocenters. The fraction of sp³-hybridized carbons (Fsp3) is 0.385. The summed E-state index contributed by atoms with van der Waals surface area (Å²) in [6.45, 7) is 0.506. The Hall–Kier alpha value is -1.64. The van der Waals surface area contributed by atoms with Crippen molar-refractivity contribution >= 4 is 12.5 Å². The van der Waals surface area contributed by atoms with Crippen LogP contribution in [0.5, 0.6) is 0 Å². The molecule has 0 bridgehead atoms. The number of hydrogen-bond donors (Lipinski definition) is 0. The van der Waals surface area contributed by atoms with Gasteiger partial charge in [-0.05, 0) is 24.8 Å². The van der Waals surface area contributed by atoms with Crippen molar-refractivity contribution in [2.24, 2.45) is 5.16 Å². The zero-order valence-electron chi connectivity index (χ0n) is 9.34. The zero-order valence-corrected chi connectivity index (χ0v) is 9.34. The molecule has 0 aliphatic carbocycles. The third-order valence-electron chi connectivity index (χ3n) is 2.13. The van der Waals surface area contributed by atoms with E-state index in [9.17, 15) is 4.79 Å². The molecule has 1 rings (SSSR count). The van der Waals surface area contributed by atoms with E-state index in [1.807, 2.05) is 30.3 Å². The smallest absolute Gasteiger partial charge is 0.142 e. The van der Waals surface area contributed by atoms with Crippen LogP contribution in [0.25, 0.3) is 0 Å². The lowest BCUT2D eigenvalue weighted by Crippen LogP contribution is -1.87. The quantitative estimate of drug-likeness (QED) is 0.292. The van der Waals surface area contributed by atoms with E-state index in [1.54, 1.807) is 6.21 Å². The Kier molecular flexibility index (Phi) is 6.72. The molecule has 0 fully saturated rings. The van der Waals surface area contributed by atoms with Crippen molar-refractivity contribution < 1.29 is 9.63 Å². The van der Waals surface area contributed by atoms with Crippen LogP contribution in [-0.4, -0.2) is 12.5 Å². The fourth-order valence-electron chi connectivity index (χ4n) is 1.25. The molecular weight excluding hydrogens is 202 g/mol. The summed E-state index contributed by atoms with van der Waals surface area (Å²) in [6.07, 6.45) is 6.11. The standard InChI is InChI=1S/C13H17NO2/c15-11-7-2-1-6-10-14-16-12-13-8-4-3-5-9-13/h3-5,8-11H,1-2,6-7,12H2. The molecule has 0 N–H and O–H groups in total. The van der Waals surface area contributed by atoms with Gasteiger partial charge in [-0.15, -0.1) is 0 Å². The second-order valence-corrected chi connectivity index (χ2v) is 3.50. The van der Waals surface area contributed by atoms with Crippen molar-refractivity contribution in [2.45, 2.75) is 32.3 Å². The lowest BCUT2D eigenvalue weighted by Gasteiger charge is -1.98. The number of rotatable bonds is 8. The molecule has 1 aromatic rings. The SMILES string of the molecule is O=CCCCCC=NOCc1ccccc1. The highest BCUT2D eigenvalue weighted by molar-refractivity contribution is 5.56. The van der Waals surface area contributed by atoms with E-state index in [0.717, 1.165) is 31.1 Å². The highest BCUT2D eigenvalue weighted by atomic mass is 16.6. The Bertz CT molecular complexity index is 309. The maximum Gasteiger partial charge on any atom is 0.142 e. The minimum atomic E-state index is 0.506. The van der Waals surface area contributed by atoms with Crippen molar-refractivity contribution in [1.82, 2.24) is 0 Å². The van der Waals surface area contributed by atoms with Crippen LogP contribution in [-0.2, 0) is 16.2 Å². The first-order chi connectivity index (χ1) is 7.93. The molecule has 0 heterocycles. The molecular formula is C13H17NO2. The molecule has 16 heavy (non-hydrogen) atoms. The van der Waals surface area contributed by atoms with Gasteiger partial charge in [0.15, 0.2) is 0 Å². The Morgan fingerprint density at radius 3 is 2.62 bits per heavy atom. The van der Waals surface area contributed by atoms with Gasteiger partial charge in [-0.2, -0.15) is 0 Å². The van der Waals surface area contributed by atoms with Crippen LogP contribution >= 0.6 is 0 Å². The van der Waals surface area contributed by atoms with Gasteiger partial charge in [-0.3, -0.25) is 0 Å². The highest BCUT2D eigenvalue weighted by Crippen LogP contribution is 2.00. The van der Waals surface area contributed by atoms with E-state index in [4.69, 9.17) is 4.84 Å². The van der Waals surface area contributed by atoms with Gasteiger partial charge in [0, 0.05) is 12.6 Å². The third-order valence-corrected chi connectivity index (χ3v) is 2.13. The summed E-state index contributed by atoms with van der Waals surface area (Å²) in [5.41, 5.74) is 1.11. The highest BCUT2D eigenvalue weighted by Gasteiger charge is 1.89. The lowest BCUT2D eigenvalue weighted by atomic mass is 10.2. The van der Waals surface area contributed by atoms with E-state index in [0.29, 0.717) is 13.0 Å². The topological polar surface area (TPSA) is 38.7 Å². The van der Waals surface area contributed by atoms with Gasteiger partial charge < -0.3 is 9.63 Å². The second kappa shape index (κ2) is 8.65. The van der Waals surface area contributed by atoms with Crippen LogP contribution < -0.4 is 0 Å². The maximum atomic E-state index is 10.0. The number of unbranched alkanes of at least 4 members (excludes halogenated alkanes) is 3. The largest absolute Gasteiger partial charge is 0.391 e. The normalized spacial score (nSPS) is 10.5. The molecule has 0 radical (unpaired) electrons. The van der Waals surface area contributed by atoms with Gasteiger partial charge in [0.25, 0.3) is 0 Å². The van der Waals surface area contributed by atoms with Crippen LogP contribution in [0.4, 0.5) is 0 Å². The first kappa shape index (κ1) is 12.4. The van der Waals surface area contributed by atoms with E-state index < -0.39 is 0 Å². The number of nitrogens with zero attached hydrogens (tertiary/aromatic N) is 1. The number of carbonyl (C=O) groups is 1. The Labute approximate surface area is 96.1 Å². The van der Waals surface area contributed by atoms with Gasteiger partial charge in [0.2, 0.25) is 0 Å². The van der Waals surface area contributed by atoms with Crippen molar-refractivity contribution in [2.75, 3.05) is 0 Å². The summed E-state index contributed by atoms with van der Waals surface area (Å²) >= 11 is 0. The lowest BCUT2D eigenvalue weighted by molar-refractivity contribution is -0.107. The number of benzene rings is 1. The molecule has 3 heteroatoms. The summed E-state index contributed by atoms with van der Waals surface area (Å²) in [6, 6.07) is 9.92. The molecule has 0 saturated carbocycles. The van der Waals surface area contributed by atoms with E-state index >= 15 is 0 Å². The summed E-state index contributed by atoms with van der Waals surface area (Å²) < 4.78 is 0. The van der Waals surface area contributed by atoms with Crippen molar-refractivity contribution in [3.05, 3.63) is 35.9 Å². The van der Waals surface area contributed by atoms with Crippen LogP contribution in [0, 0.1) is 0 Å². The van der Waals surface area contributed by atoms with Gasteiger partial charge >= 0.3 is 0 Å². The van der Waals surface area contributed by atoms with E-state index in [2.05, 4.69) is 5.16 Å². The van der Waals surface area contributed by atoms with Gasteiger partial charge in [-0.25, -0.2) is 0 Å². The first-order valence-electron chi connectivity index (χ1n) is 5.55. The Balaban J connectivity index is 2.02. The second-order valence-electron chi connectivity index (χ2n) is 3.50. The van der Waals surface area contributed by atoms with Crippen molar-refractivity contribution in [3.8, 4) is 0 Å². The van der Waals surface area contributed by atoms with Gasteiger partial charge in [0.05, 0.1) is 0 Å². The van der Waals surface area contributed by atoms with Crippen LogP contribution in [0.3, 0.4) is 0 Å². The molecule has 0 aliphatic rings. The maximum absolute atomic E-state index is 10.0. The number of carbonyl (C=O) groups excluding carboxylic acids is 1. The molecule has 3 nitrogen and oxygen atoms in total. The number of hydrogen-bond acceptors (Lipinski definition) is 3. The molecule has 86 valence electrons. The van der Waals surface area contributed by atoms with Gasteiger partial charge in [0.1, 0.15) is 12.9 Å². The van der Waals surface area contributed by atoms with Gasteiger partial charge in [-0.1, -0.05) is 35.5 Å². The monoisotopic (exact) mass is 219 g/mol. The molecule has 0 unspecified atom stereocenters. The molecule has 0 aromatic heterocycles. The predicted octanol–water partition coefficient (Wildman–Crippen LogP) is 2.95. The van der Waals surface area contributed by atoms with Crippen LogP contribution in [0.1, 0.15) is 31.2 Å². The molecule has 0 saturated heterocycles. The fourth-order valence-corrected chi connectivity index (χ4v) is 1.25. The average Bonchev–Trinajstić information content (AvgIpc) is 2.34. The predicted molar refractivity (Wildman–Crippen MR) is 64.3 cm³/mol. The summed E-state index contributed by atoms with van der Waals surface area (Å²) in [7, 11) is 0. The Morgan fingerprint density at radius 2 is 1.88 bits per heavy atom. The van der Waals surface area contributed by atoms with Crippen LogP contribution in [0.2, 0.25) is 0 Å². The summed E-state index contributed by atoms with van der Waals surface area (Å²) in [4.78, 5) is 15.2. The Morgan fingerprint density at radius 1 is 1.12 bits per heavy atom. The minimum absolute atomic E-state index is 0.506. The molecule has 0 spiro atoms. The molecule has 1 aromatic carbocycles. The molecule has 0 aliphatic heterocycles. The summed E-state index contributed by atoms with van der Waals surface area (Å²) in [5.74, 6) is 0. The average molecular weight is 219 g/mol. The first-order valence-corrected chi connectivity index (χ1v) is 5.55.